The van der Waals surface area contributed by atoms with Gasteiger partial charge in [-0.3, -0.25) is 4.79 Å². The molecule has 1 amide bonds. The van der Waals surface area contributed by atoms with Crippen LogP contribution in [0.25, 0.3) is 11.0 Å². The van der Waals surface area contributed by atoms with Crippen LogP contribution >= 0.6 is 0 Å². The number of morpholine rings is 1. The fraction of sp³-hybridized carbons (Fsp3) is 0.389. The van der Waals surface area contributed by atoms with E-state index in [2.05, 4.69) is 10.2 Å². The van der Waals surface area contributed by atoms with Crippen molar-refractivity contribution in [3.05, 3.63) is 47.9 Å². The van der Waals surface area contributed by atoms with Gasteiger partial charge in [0.25, 0.3) is 0 Å². The summed E-state index contributed by atoms with van der Waals surface area (Å²) in [5.41, 5.74) is 0.781. The topological polar surface area (TPSA) is 81.6 Å². The normalized spacial score (nSPS) is 19.3. The van der Waals surface area contributed by atoms with Gasteiger partial charge in [0.2, 0.25) is 17.7 Å². The molecule has 1 saturated heterocycles. The highest BCUT2D eigenvalue weighted by molar-refractivity contribution is 5.85. The minimum absolute atomic E-state index is 0.0387. The second-order valence-electron chi connectivity index (χ2n) is 6.19. The number of hydrogen-bond donors (Lipinski definition) is 0. The number of fused-ring (bicyclic) bond motifs is 1. The average molecular weight is 341 g/mol. The molecule has 1 aliphatic heterocycles. The van der Waals surface area contributed by atoms with Gasteiger partial charge in [-0.2, -0.15) is 0 Å². The van der Waals surface area contributed by atoms with E-state index in [-0.39, 0.29) is 11.9 Å². The van der Waals surface area contributed by atoms with Gasteiger partial charge in [-0.15, -0.1) is 10.2 Å². The third-order valence-corrected chi connectivity index (χ3v) is 4.48. The first-order valence-corrected chi connectivity index (χ1v) is 8.30. The van der Waals surface area contributed by atoms with Gasteiger partial charge < -0.3 is 18.5 Å². The number of nitrogens with zero attached hydrogens (tertiary/aromatic N) is 3. The van der Waals surface area contributed by atoms with Crippen LogP contribution in [-0.2, 0) is 9.53 Å². The van der Waals surface area contributed by atoms with Gasteiger partial charge in [-0.05, 0) is 19.1 Å². The van der Waals surface area contributed by atoms with Crippen molar-refractivity contribution in [2.24, 2.45) is 0 Å². The first-order valence-electron chi connectivity index (χ1n) is 8.30. The van der Waals surface area contributed by atoms with Crippen LogP contribution in [0.5, 0.6) is 0 Å². The lowest BCUT2D eigenvalue weighted by atomic mass is 10.0. The van der Waals surface area contributed by atoms with Crippen molar-refractivity contribution in [1.82, 2.24) is 15.1 Å². The van der Waals surface area contributed by atoms with Gasteiger partial charge in [-0.1, -0.05) is 18.2 Å². The quantitative estimate of drug-likeness (QED) is 0.728. The lowest BCUT2D eigenvalue weighted by molar-refractivity contribution is -0.142. The van der Waals surface area contributed by atoms with Gasteiger partial charge in [-0.25, -0.2) is 0 Å². The zero-order valence-electron chi connectivity index (χ0n) is 14.1. The van der Waals surface area contributed by atoms with E-state index in [1.54, 1.807) is 11.8 Å². The van der Waals surface area contributed by atoms with Crippen LogP contribution < -0.4 is 0 Å². The second-order valence-corrected chi connectivity index (χ2v) is 6.19. The van der Waals surface area contributed by atoms with Crippen molar-refractivity contribution in [1.29, 1.82) is 0 Å². The van der Waals surface area contributed by atoms with E-state index in [1.165, 1.54) is 0 Å². The Morgan fingerprint density at radius 2 is 2.12 bits per heavy atom. The minimum atomic E-state index is -0.406. The highest BCUT2D eigenvalue weighted by Crippen LogP contribution is 2.30. The number of carbonyl (C=O) groups is 1. The fourth-order valence-electron chi connectivity index (χ4n) is 3.10. The molecule has 1 fully saturated rings. The number of benzene rings is 1. The SMILES string of the molecule is Cc1nnc(C2COCCN2C(=O)C(C)c2cc3ccccc3o2)o1. The Labute approximate surface area is 144 Å². The highest BCUT2D eigenvalue weighted by atomic mass is 16.5. The van der Waals surface area contributed by atoms with Crippen LogP contribution in [-0.4, -0.2) is 40.8 Å². The number of aryl methyl sites for hydroxylation is 1. The molecule has 0 N–H and O–H groups in total. The molecule has 3 aromatic rings. The molecule has 2 aromatic heterocycles. The Bertz CT molecular complexity index is 868. The number of rotatable bonds is 3. The van der Waals surface area contributed by atoms with Gasteiger partial charge in [0.1, 0.15) is 17.4 Å². The number of para-hydroxylation sites is 1. The molecule has 0 radical (unpaired) electrons. The van der Waals surface area contributed by atoms with E-state index in [0.29, 0.717) is 37.3 Å². The molecule has 0 spiro atoms. The molecule has 2 unspecified atom stereocenters. The predicted octanol–water partition coefficient (Wildman–Crippen LogP) is 2.83. The van der Waals surface area contributed by atoms with E-state index < -0.39 is 5.92 Å². The van der Waals surface area contributed by atoms with E-state index in [4.69, 9.17) is 13.6 Å². The maximum atomic E-state index is 13.1. The first-order chi connectivity index (χ1) is 12.1. The molecule has 4 rings (SSSR count). The molecule has 0 saturated carbocycles. The summed E-state index contributed by atoms with van der Waals surface area (Å²) in [7, 11) is 0. The number of hydrogen-bond acceptors (Lipinski definition) is 6. The van der Waals surface area contributed by atoms with Crippen molar-refractivity contribution >= 4 is 16.9 Å². The molecular formula is C18H19N3O4. The summed E-state index contributed by atoms with van der Waals surface area (Å²) in [6.45, 7) is 4.90. The molecule has 7 nitrogen and oxygen atoms in total. The Morgan fingerprint density at radius 3 is 2.88 bits per heavy atom. The maximum Gasteiger partial charge on any atom is 0.241 e. The van der Waals surface area contributed by atoms with E-state index in [0.717, 1.165) is 11.0 Å². The fourth-order valence-corrected chi connectivity index (χ4v) is 3.10. The summed E-state index contributed by atoms with van der Waals surface area (Å²) in [6.07, 6.45) is 0. The minimum Gasteiger partial charge on any atom is -0.460 e. The van der Waals surface area contributed by atoms with Crippen molar-refractivity contribution in [2.75, 3.05) is 19.8 Å². The monoisotopic (exact) mass is 341 g/mol. The maximum absolute atomic E-state index is 13.1. The molecule has 7 heteroatoms. The zero-order valence-corrected chi connectivity index (χ0v) is 14.1. The van der Waals surface area contributed by atoms with Gasteiger partial charge in [0.15, 0.2) is 0 Å². The Morgan fingerprint density at radius 1 is 1.28 bits per heavy atom. The number of ether oxygens (including phenoxy) is 1. The third kappa shape index (κ3) is 2.91. The number of carbonyl (C=O) groups excluding carboxylic acids is 1. The van der Waals surface area contributed by atoms with Crippen LogP contribution in [0.4, 0.5) is 0 Å². The largest absolute Gasteiger partial charge is 0.460 e. The van der Waals surface area contributed by atoms with Crippen LogP contribution in [0.2, 0.25) is 0 Å². The Balaban J connectivity index is 1.61. The second kappa shape index (κ2) is 6.33. The molecule has 0 aliphatic carbocycles. The third-order valence-electron chi connectivity index (χ3n) is 4.48. The van der Waals surface area contributed by atoms with Crippen molar-refractivity contribution < 1.29 is 18.4 Å². The van der Waals surface area contributed by atoms with Crippen molar-refractivity contribution in [3.63, 3.8) is 0 Å². The molecule has 1 aromatic carbocycles. The van der Waals surface area contributed by atoms with Crippen LogP contribution in [0.1, 0.15) is 36.4 Å². The summed E-state index contributed by atoms with van der Waals surface area (Å²) in [5, 5.41) is 8.90. The summed E-state index contributed by atoms with van der Waals surface area (Å²) in [4.78, 5) is 14.8. The molecule has 130 valence electrons. The summed E-state index contributed by atoms with van der Waals surface area (Å²) >= 11 is 0. The molecular weight excluding hydrogens is 322 g/mol. The van der Waals surface area contributed by atoms with E-state index >= 15 is 0 Å². The Kier molecular flexibility index (Phi) is 4.01. The number of aromatic nitrogens is 2. The Hall–Kier alpha value is -2.67. The van der Waals surface area contributed by atoms with Crippen LogP contribution in [0, 0.1) is 6.92 Å². The predicted molar refractivity (Wildman–Crippen MR) is 88.9 cm³/mol. The highest BCUT2D eigenvalue weighted by Gasteiger charge is 2.35. The first kappa shape index (κ1) is 15.8. The summed E-state index contributed by atoms with van der Waals surface area (Å²) < 4.78 is 16.9. The van der Waals surface area contributed by atoms with Gasteiger partial charge >= 0.3 is 0 Å². The van der Waals surface area contributed by atoms with E-state index in [1.807, 2.05) is 37.3 Å². The van der Waals surface area contributed by atoms with Crippen molar-refractivity contribution in [2.45, 2.75) is 25.8 Å². The van der Waals surface area contributed by atoms with Gasteiger partial charge in [0, 0.05) is 18.9 Å². The molecule has 1 aliphatic rings. The lowest BCUT2D eigenvalue weighted by Gasteiger charge is -2.34. The molecule has 3 heterocycles. The average Bonchev–Trinajstić information content (AvgIpc) is 3.26. The summed E-state index contributed by atoms with van der Waals surface area (Å²) in [6, 6.07) is 9.29. The summed E-state index contributed by atoms with van der Waals surface area (Å²) in [5.74, 6) is 1.08. The molecule has 2 atom stereocenters. The lowest BCUT2D eigenvalue weighted by Crippen LogP contribution is -2.45. The van der Waals surface area contributed by atoms with E-state index in [9.17, 15) is 4.79 Å². The molecule has 25 heavy (non-hydrogen) atoms. The van der Waals surface area contributed by atoms with Crippen molar-refractivity contribution in [3.8, 4) is 0 Å². The zero-order chi connectivity index (χ0) is 17.4. The number of amides is 1. The smallest absolute Gasteiger partial charge is 0.241 e. The number of furan rings is 1. The van der Waals surface area contributed by atoms with Crippen LogP contribution in [0.15, 0.2) is 39.2 Å². The van der Waals surface area contributed by atoms with Gasteiger partial charge in [0.05, 0.1) is 19.1 Å². The standard InChI is InChI=1S/C18H19N3O4/c1-11(16-9-13-5-3-4-6-15(13)25-16)18(22)21-7-8-23-10-14(21)17-20-19-12(2)24-17/h3-6,9,11,14H,7-8,10H2,1-2H3. The molecule has 0 bridgehead atoms. The van der Waals surface area contributed by atoms with Crippen LogP contribution in [0.3, 0.4) is 0 Å².